The van der Waals surface area contributed by atoms with Crippen molar-refractivity contribution in [1.82, 2.24) is 10.3 Å². The number of nitrogens with one attached hydrogen (secondary N) is 1. The Bertz CT molecular complexity index is 901. The second-order valence-electron chi connectivity index (χ2n) is 5.30. The molecule has 2 aromatic heterocycles. The van der Waals surface area contributed by atoms with Crippen LogP contribution >= 0.6 is 0 Å². The lowest BCUT2D eigenvalue weighted by Gasteiger charge is -2.04. The number of aromatic nitrogens is 1. The van der Waals surface area contributed by atoms with Gasteiger partial charge < -0.3 is 19.6 Å². The summed E-state index contributed by atoms with van der Waals surface area (Å²) in [6, 6.07) is 5.92. The third-order valence-electron chi connectivity index (χ3n) is 3.30. The van der Waals surface area contributed by atoms with E-state index in [-0.39, 0.29) is 17.4 Å². The second kappa shape index (κ2) is 8.72. The summed E-state index contributed by atoms with van der Waals surface area (Å²) >= 11 is 0. The number of nitrogens with zero attached hydrogens (tertiary/aromatic N) is 1. The van der Waals surface area contributed by atoms with Crippen LogP contribution in [0.5, 0.6) is 5.75 Å². The molecule has 26 heavy (non-hydrogen) atoms. The summed E-state index contributed by atoms with van der Waals surface area (Å²) < 4.78 is 9.66. The van der Waals surface area contributed by atoms with Crippen molar-refractivity contribution in [3.05, 3.63) is 63.5 Å². The number of aromatic hydroxyl groups is 1. The maximum absolute atomic E-state index is 12.1. The zero-order chi connectivity index (χ0) is 19.1. The first kappa shape index (κ1) is 19.1. The number of ketones is 1. The molecule has 0 bridgehead atoms. The Morgan fingerprint density at radius 3 is 2.85 bits per heavy atom. The number of hydrogen-bond donors (Lipinski definition) is 2. The van der Waals surface area contributed by atoms with Gasteiger partial charge in [-0.2, -0.15) is 0 Å². The van der Waals surface area contributed by atoms with Crippen LogP contribution in [0.3, 0.4) is 0 Å². The SMILES string of the molecule is COCCNC(=O)c1cccc(/C=C/C(=O)c2c(O)cc(C)oc2=O)n1. The van der Waals surface area contributed by atoms with Crippen molar-refractivity contribution in [1.29, 1.82) is 0 Å². The highest BCUT2D eigenvalue weighted by atomic mass is 16.5. The van der Waals surface area contributed by atoms with E-state index in [1.807, 2.05) is 0 Å². The zero-order valence-corrected chi connectivity index (χ0v) is 14.3. The smallest absolute Gasteiger partial charge is 0.351 e. The second-order valence-corrected chi connectivity index (χ2v) is 5.30. The molecule has 0 atom stereocenters. The van der Waals surface area contributed by atoms with E-state index in [1.54, 1.807) is 12.1 Å². The fourth-order valence-electron chi connectivity index (χ4n) is 2.10. The number of carbonyl (C=O) groups excluding carboxylic acids is 2. The van der Waals surface area contributed by atoms with E-state index < -0.39 is 22.7 Å². The Balaban J connectivity index is 2.16. The molecule has 136 valence electrons. The lowest BCUT2D eigenvalue weighted by Crippen LogP contribution is -2.27. The minimum absolute atomic E-state index is 0.174. The maximum Gasteiger partial charge on any atom is 0.351 e. The first-order valence-electron chi connectivity index (χ1n) is 7.72. The van der Waals surface area contributed by atoms with Crippen molar-refractivity contribution in [2.45, 2.75) is 6.92 Å². The molecule has 1 amide bonds. The van der Waals surface area contributed by atoms with E-state index >= 15 is 0 Å². The molecule has 2 heterocycles. The van der Waals surface area contributed by atoms with E-state index in [1.165, 1.54) is 32.2 Å². The van der Waals surface area contributed by atoms with Gasteiger partial charge in [0, 0.05) is 19.7 Å². The Labute approximate surface area is 149 Å². The standard InChI is InChI=1S/C18H18N2O6/c1-11-10-15(22)16(18(24)26-11)14(21)7-6-12-4-3-5-13(20-12)17(23)19-8-9-25-2/h3-7,10,22H,8-9H2,1-2H3,(H,19,23)/b7-6+. The van der Waals surface area contributed by atoms with Gasteiger partial charge in [0.1, 0.15) is 22.8 Å². The summed E-state index contributed by atoms with van der Waals surface area (Å²) in [6.45, 7) is 2.21. The van der Waals surface area contributed by atoms with Crippen LogP contribution in [-0.4, -0.2) is 42.0 Å². The average Bonchev–Trinajstić information content (AvgIpc) is 2.59. The van der Waals surface area contributed by atoms with Crippen LogP contribution in [0, 0.1) is 6.92 Å². The number of aryl methyl sites for hydroxylation is 1. The van der Waals surface area contributed by atoms with E-state index in [0.717, 1.165) is 6.08 Å². The van der Waals surface area contributed by atoms with Gasteiger partial charge in [-0.1, -0.05) is 6.07 Å². The number of ether oxygens (including phenoxy) is 1. The van der Waals surface area contributed by atoms with Gasteiger partial charge in [-0.05, 0) is 31.2 Å². The number of rotatable bonds is 7. The van der Waals surface area contributed by atoms with E-state index in [4.69, 9.17) is 9.15 Å². The van der Waals surface area contributed by atoms with Crippen molar-refractivity contribution in [2.24, 2.45) is 0 Å². The van der Waals surface area contributed by atoms with Crippen molar-refractivity contribution in [2.75, 3.05) is 20.3 Å². The van der Waals surface area contributed by atoms with Gasteiger partial charge in [0.25, 0.3) is 5.91 Å². The molecule has 0 unspecified atom stereocenters. The summed E-state index contributed by atoms with van der Waals surface area (Å²) in [5.74, 6) is -1.36. The fourth-order valence-corrected chi connectivity index (χ4v) is 2.10. The summed E-state index contributed by atoms with van der Waals surface area (Å²) in [5.41, 5.74) is -0.862. The van der Waals surface area contributed by atoms with Crippen LogP contribution in [0.1, 0.15) is 32.3 Å². The number of pyridine rings is 1. The largest absolute Gasteiger partial charge is 0.507 e. The normalized spacial score (nSPS) is 10.8. The van der Waals surface area contributed by atoms with Gasteiger partial charge >= 0.3 is 5.63 Å². The minimum atomic E-state index is -0.920. The van der Waals surface area contributed by atoms with Crippen LogP contribution in [0.2, 0.25) is 0 Å². The molecule has 0 radical (unpaired) electrons. The maximum atomic E-state index is 12.1. The predicted molar refractivity (Wildman–Crippen MR) is 93.2 cm³/mol. The van der Waals surface area contributed by atoms with Crippen LogP contribution in [-0.2, 0) is 4.74 Å². The molecule has 0 fully saturated rings. The average molecular weight is 358 g/mol. The molecule has 8 heteroatoms. The predicted octanol–water partition coefficient (Wildman–Crippen LogP) is 1.32. The molecular formula is C18H18N2O6. The summed E-state index contributed by atoms with van der Waals surface area (Å²) in [6.07, 6.45) is 2.42. The van der Waals surface area contributed by atoms with Gasteiger partial charge in [-0.3, -0.25) is 9.59 Å². The molecule has 0 saturated heterocycles. The number of amides is 1. The van der Waals surface area contributed by atoms with Crippen LogP contribution < -0.4 is 10.9 Å². The minimum Gasteiger partial charge on any atom is -0.507 e. The number of methoxy groups -OCH3 is 1. The summed E-state index contributed by atoms with van der Waals surface area (Å²) in [4.78, 5) is 39.9. The van der Waals surface area contributed by atoms with E-state index in [0.29, 0.717) is 18.8 Å². The van der Waals surface area contributed by atoms with Gasteiger partial charge in [-0.25, -0.2) is 9.78 Å². The molecule has 8 nitrogen and oxygen atoms in total. The molecule has 0 aromatic carbocycles. The molecular weight excluding hydrogens is 340 g/mol. The molecule has 0 aliphatic carbocycles. The highest BCUT2D eigenvalue weighted by molar-refractivity contribution is 6.08. The molecule has 2 N–H and O–H groups in total. The van der Waals surface area contributed by atoms with E-state index in [2.05, 4.69) is 10.3 Å². The lowest BCUT2D eigenvalue weighted by atomic mass is 10.1. The Morgan fingerprint density at radius 1 is 1.38 bits per heavy atom. The Hall–Kier alpha value is -3.26. The monoisotopic (exact) mass is 358 g/mol. The molecule has 0 spiro atoms. The third kappa shape index (κ3) is 4.87. The topological polar surface area (TPSA) is 119 Å². The number of carbonyl (C=O) groups is 2. The van der Waals surface area contributed by atoms with Gasteiger partial charge in [0.2, 0.25) is 0 Å². The number of hydrogen-bond acceptors (Lipinski definition) is 7. The van der Waals surface area contributed by atoms with Gasteiger partial charge in [0.15, 0.2) is 5.78 Å². The highest BCUT2D eigenvalue weighted by Crippen LogP contribution is 2.15. The molecule has 0 saturated carbocycles. The highest BCUT2D eigenvalue weighted by Gasteiger charge is 2.16. The van der Waals surface area contributed by atoms with Crippen molar-refractivity contribution in [3.8, 4) is 5.75 Å². The number of allylic oxidation sites excluding steroid dienone is 1. The van der Waals surface area contributed by atoms with E-state index in [9.17, 15) is 19.5 Å². The van der Waals surface area contributed by atoms with Crippen molar-refractivity contribution in [3.63, 3.8) is 0 Å². The van der Waals surface area contributed by atoms with Crippen LogP contribution in [0.4, 0.5) is 0 Å². The molecule has 2 rings (SSSR count). The van der Waals surface area contributed by atoms with Crippen LogP contribution in [0.25, 0.3) is 6.08 Å². The first-order chi connectivity index (χ1) is 12.4. The first-order valence-corrected chi connectivity index (χ1v) is 7.72. The Kier molecular flexibility index (Phi) is 6.40. The quantitative estimate of drug-likeness (QED) is 0.435. The summed E-state index contributed by atoms with van der Waals surface area (Å²) in [7, 11) is 1.53. The fraction of sp³-hybridized carbons (Fsp3) is 0.222. The Morgan fingerprint density at radius 2 is 2.15 bits per heavy atom. The lowest BCUT2D eigenvalue weighted by molar-refractivity contribution is 0.0931. The summed E-state index contributed by atoms with van der Waals surface area (Å²) in [5, 5.41) is 12.4. The third-order valence-corrected chi connectivity index (χ3v) is 3.30. The van der Waals surface area contributed by atoms with Crippen molar-refractivity contribution >= 4 is 17.8 Å². The molecule has 0 aliphatic rings. The molecule has 2 aromatic rings. The van der Waals surface area contributed by atoms with Crippen LogP contribution in [0.15, 0.2) is 39.6 Å². The van der Waals surface area contributed by atoms with Gasteiger partial charge in [-0.15, -0.1) is 0 Å². The zero-order valence-electron chi connectivity index (χ0n) is 14.3. The van der Waals surface area contributed by atoms with Crippen molar-refractivity contribution < 1.29 is 23.8 Å². The van der Waals surface area contributed by atoms with Gasteiger partial charge in [0.05, 0.1) is 12.3 Å². The molecule has 0 aliphatic heterocycles.